The van der Waals surface area contributed by atoms with Gasteiger partial charge < -0.3 is 9.72 Å². The third-order valence-electron chi connectivity index (χ3n) is 7.08. The van der Waals surface area contributed by atoms with E-state index in [0.29, 0.717) is 12.3 Å². The number of pyridine rings is 3. The van der Waals surface area contributed by atoms with Gasteiger partial charge in [-0.3, -0.25) is 19.5 Å². The van der Waals surface area contributed by atoms with Crippen LogP contribution in [0.4, 0.5) is 0 Å². The summed E-state index contributed by atoms with van der Waals surface area (Å²) in [6, 6.07) is 8.17. The zero-order valence-corrected chi connectivity index (χ0v) is 21.1. The van der Waals surface area contributed by atoms with E-state index in [2.05, 4.69) is 52.1 Å². The lowest BCUT2D eigenvalue weighted by Crippen LogP contribution is -2.25. The Hall–Kier alpha value is -4.57. The lowest BCUT2D eigenvalue weighted by Gasteiger charge is -2.15. The van der Waals surface area contributed by atoms with E-state index in [4.69, 9.17) is 4.74 Å². The molecule has 6 aromatic heterocycles. The predicted molar refractivity (Wildman–Crippen MR) is 145 cm³/mol. The molecule has 1 fully saturated rings. The molecule has 1 aliphatic rings. The lowest BCUT2D eigenvalue weighted by molar-refractivity contribution is 0.237. The van der Waals surface area contributed by atoms with Gasteiger partial charge in [0.2, 0.25) is 0 Å². The van der Waals surface area contributed by atoms with Gasteiger partial charge in [-0.05, 0) is 57.1 Å². The van der Waals surface area contributed by atoms with E-state index in [-0.39, 0.29) is 0 Å². The van der Waals surface area contributed by atoms with Crippen LogP contribution in [-0.2, 0) is 0 Å². The predicted octanol–water partition coefficient (Wildman–Crippen LogP) is 4.53. The van der Waals surface area contributed by atoms with Crippen LogP contribution < -0.4 is 4.74 Å². The van der Waals surface area contributed by atoms with Crippen LogP contribution in [-0.4, -0.2) is 70.8 Å². The molecule has 6 aromatic rings. The average molecular weight is 506 g/mol. The van der Waals surface area contributed by atoms with E-state index in [9.17, 15) is 0 Å². The highest BCUT2D eigenvalue weighted by molar-refractivity contribution is 5.97. The Balaban J connectivity index is 1.20. The van der Waals surface area contributed by atoms with E-state index in [1.807, 2.05) is 42.2 Å². The number of nitrogens with zero attached hydrogens (tertiary/aromatic N) is 7. The normalized spacial score (nSPS) is 14.1. The third-order valence-corrected chi connectivity index (χ3v) is 7.08. The Morgan fingerprint density at radius 1 is 0.974 bits per heavy atom. The molecule has 1 aliphatic heterocycles. The van der Waals surface area contributed by atoms with Crippen LogP contribution in [0.25, 0.3) is 50.3 Å². The molecule has 0 amide bonds. The monoisotopic (exact) mass is 505 g/mol. The van der Waals surface area contributed by atoms with Gasteiger partial charge in [-0.1, -0.05) is 0 Å². The third kappa shape index (κ3) is 4.18. The number of aromatic amines is 2. The van der Waals surface area contributed by atoms with Crippen molar-refractivity contribution in [2.45, 2.75) is 19.8 Å². The lowest BCUT2D eigenvalue weighted by atomic mass is 10.1. The van der Waals surface area contributed by atoms with Gasteiger partial charge in [0.15, 0.2) is 5.65 Å². The topological polar surface area (TPSA) is 113 Å². The molecule has 0 atom stereocenters. The summed E-state index contributed by atoms with van der Waals surface area (Å²) in [4.78, 5) is 23.9. The summed E-state index contributed by atoms with van der Waals surface area (Å²) in [6.45, 7) is 5.89. The zero-order chi connectivity index (χ0) is 25.5. The molecule has 0 aliphatic carbocycles. The smallest absolute Gasteiger partial charge is 0.181 e. The molecular weight excluding hydrogens is 478 g/mol. The molecule has 0 radical (unpaired) electrons. The zero-order valence-electron chi connectivity index (χ0n) is 21.1. The summed E-state index contributed by atoms with van der Waals surface area (Å²) < 4.78 is 7.96. The van der Waals surface area contributed by atoms with Gasteiger partial charge in [0.1, 0.15) is 24.5 Å². The molecule has 10 heteroatoms. The summed E-state index contributed by atoms with van der Waals surface area (Å²) in [5.74, 6) is 1.58. The first-order chi connectivity index (χ1) is 18.7. The first-order valence-electron chi connectivity index (χ1n) is 12.8. The van der Waals surface area contributed by atoms with Gasteiger partial charge in [-0.2, -0.15) is 5.10 Å². The Morgan fingerprint density at radius 2 is 1.87 bits per heavy atom. The van der Waals surface area contributed by atoms with Gasteiger partial charge in [0.05, 0.1) is 28.8 Å². The first kappa shape index (κ1) is 22.6. The van der Waals surface area contributed by atoms with E-state index in [1.165, 1.54) is 12.8 Å². The summed E-state index contributed by atoms with van der Waals surface area (Å²) in [7, 11) is 0. The number of fused-ring (bicyclic) bond motifs is 2. The second-order valence-electron chi connectivity index (χ2n) is 9.70. The van der Waals surface area contributed by atoms with Crippen molar-refractivity contribution < 1.29 is 4.74 Å². The van der Waals surface area contributed by atoms with E-state index in [1.54, 1.807) is 18.7 Å². The van der Waals surface area contributed by atoms with E-state index < -0.39 is 0 Å². The molecular formula is C28H27N9O. The number of aryl methyl sites for hydroxylation is 1. The fourth-order valence-corrected chi connectivity index (χ4v) is 5.13. The number of rotatable bonds is 7. The standard InChI is InChI=1S/C28H27N9O/c1-18-16-37(17-32-18)28-22-12-25(33-24(22)4-5-30-28)26-23-11-20(14-31-27(23)35-34-26)19-10-21(15-29-13-19)38-9-8-36-6-2-3-7-36/h4-5,10-17,33H,2-3,6-9H2,1H3,(H,31,34,35). The SMILES string of the molecule is Cc1cn(-c2nccc3[nH]c(-c4[nH]nc5ncc(-c6cncc(OCCN7CCCC7)c6)cc45)cc23)cn1. The van der Waals surface area contributed by atoms with Crippen molar-refractivity contribution in [1.82, 2.24) is 44.6 Å². The maximum absolute atomic E-state index is 6.02. The first-order valence-corrected chi connectivity index (χ1v) is 12.8. The molecule has 7 rings (SSSR count). The van der Waals surface area contributed by atoms with Crippen molar-refractivity contribution in [3.63, 3.8) is 0 Å². The minimum Gasteiger partial charge on any atom is -0.491 e. The highest BCUT2D eigenvalue weighted by Gasteiger charge is 2.16. The maximum Gasteiger partial charge on any atom is 0.181 e. The van der Waals surface area contributed by atoms with Crippen molar-refractivity contribution >= 4 is 21.9 Å². The van der Waals surface area contributed by atoms with Gasteiger partial charge in [-0.25, -0.2) is 15.0 Å². The van der Waals surface area contributed by atoms with Crippen LogP contribution in [0.1, 0.15) is 18.5 Å². The van der Waals surface area contributed by atoms with Gasteiger partial charge in [0, 0.05) is 53.2 Å². The molecule has 0 saturated carbocycles. The van der Waals surface area contributed by atoms with Crippen LogP contribution >= 0.6 is 0 Å². The van der Waals surface area contributed by atoms with Crippen LogP contribution in [0.5, 0.6) is 5.75 Å². The number of nitrogens with one attached hydrogen (secondary N) is 2. The fraction of sp³-hybridized carbons (Fsp3) is 0.250. The quantitative estimate of drug-likeness (QED) is 0.328. The highest BCUT2D eigenvalue weighted by atomic mass is 16.5. The molecule has 7 heterocycles. The molecule has 0 bridgehead atoms. The van der Waals surface area contributed by atoms with Crippen LogP contribution in [0.3, 0.4) is 0 Å². The second-order valence-corrected chi connectivity index (χ2v) is 9.70. The number of hydrogen-bond acceptors (Lipinski definition) is 7. The van der Waals surface area contributed by atoms with Crippen LogP contribution in [0.2, 0.25) is 0 Å². The molecule has 2 N–H and O–H groups in total. The Labute approximate surface area is 218 Å². The van der Waals surface area contributed by atoms with Gasteiger partial charge in [0.25, 0.3) is 0 Å². The molecule has 0 aromatic carbocycles. The second kappa shape index (κ2) is 9.38. The van der Waals surface area contributed by atoms with Crippen molar-refractivity contribution in [2.24, 2.45) is 0 Å². The number of imidazole rings is 1. The van der Waals surface area contributed by atoms with Crippen molar-refractivity contribution in [3.8, 4) is 34.1 Å². The Kier molecular flexibility index (Phi) is 5.58. The summed E-state index contributed by atoms with van der Waals surface area (Å²) in [5.41, 5.74) is 6.24. The minimum atomic E-state index is 0.650. The van der Waals surface area contributed by atoms with Crippen molar-refractivity contribution in [2.75, 3.05) is 26.2 Å². The average Bonchev–Trinajstić information content (AvgIpc) is 3.74. The van der Waals surface area contributed by atoms with Crippen molar-refractivity contribution in [3.05, 3.63) is 67.3 Å². The van der Waals surface area contributed by atoms with E-state index in [0.717, 1.165) is 75.7 Å². The van der Waals surface area contributed by atoms with Gasteiger partial charge in [-0.15, -0.1) is 0 Å². The van der Waals surface area contributed by atoms with Crippen LogP contribution in [0.15, 0.2) is 61.6 Å². The molecule has 0 unspecified atom stereocenters. The van der Waals surface area contributed by atoms with Crippen molar-refractivity contribution in [1.29, 1.82) is 0 Å². The minimum absolute atomic E-state index is 0.650. The number of H-pyrrole nitrogens is 2. The molecule has 190 valence electrons. The molecule has 38 heavy (non-hydrogen) atoms. The molecule has 0 spiro atoms. The number of likely N-dealkylation sites (tertiary alicyclic amines) is 1. The van der Waals surface area contributed by atoms with Gasteiger partial charge >= 0.3 is 0 Å². The van der Waals surface area contributed by atoms with E-state index >= 15 is 0 Å². The summed E-state index contributed by atoms with van der Waals surface area (Å²) >= 11 is 0. The highest BCUT2D eigenvalue weighted by Crippen LogP contribution is 2.32. The van der Waals surface area contributed by atoms with Crippen LogP contribution in [0, 0.1) is 6.92 Å². The molecule has 10 nitrogen and oxygen atoms in total. The number of ether oxygens (including phenoxy) is 1. The summed E-state index contributed by atoms with van der Waals surface area (Å²) in [5, 5.41) is 9.53. The largest absolute Gasteiger partial charge is 0.491 e. The fourth-order valence-electron chi connectivity index (χ4n) is 5.13. The maximum atomic E-state index is 6.02. The summed E-state index contributed by atoms with van der Waals surface area (Å²) in [6.07, 6.45) is 13.5. The number of aromatic nitrogens is 8. The molecule has 1 saturated heterocycles. The Morgan fingerprint density at radius 3 is 2.74 bits per heavy atom. The Bertz CT molecular complexity index is 1740. The number of hydrogen-bond donors (Lipinski definition) is 2.